The van der Waals surface area contributed by atoms with Crippen LogP contribution >= 0.6 is 15.9 Å². The van der Waals surface area contributed by atoms with Crippen LogP contribution in [-0.2, 0) is 0 Å². The Kier molecular flexibility index (Phi) is 4.84. The summed E-state index contributed by atoms with van der Waals surface area (Å²) in [6, 6.07) is 14.1. The Morgan fingerprint density at radius 2 is 1.70 bits per heavy atom. The molecule has 2 N–H and O–H groups in total. The van der Waals surface area contributed by atoms with Gasteiger partial charge >= 0.3 is 0 Å². The van der Waals surface area contributed by atoms with E-state index in [1.54, 1.807) is 0 Å². The van der Waals surface area contributed by atoms with Crippen molar-refractivity contribution in [1.82, 2.24) is 0 Å². The molecule has 2 aromatic carbocycles. The predicted octanol–water partition coefficient (Wildman–Crippen LogP) is 5.38. The van der Waals surface area contributed by atoms with Gasteiger partial charge < -0.3 is 10.5 Å². The normalized spacial score (nSPS) is 12.5. The molecule has 0 bridgehead atoms. The summed E-state index contributed by atoms with van der Waals surface area (Å²) in [5.41, 5.74) is 8.20. The summed E-state index contributed by atoms with van der Waals surface area (Å²) in [5, 5.41) is 0. The molecule has 20 heavy (non-hydrogen) atoms. The quantitative estimate of drug-likeness (QED) is 0.814. The third kappa shape index (κ3) is 3.41. The van der Waals surface area contributed by atoms with Crippen molar-refractivity contribution in [2.75, 3.05) is 0 Å². The number of rotatable bonds is 4. The monoisotopic (exact) mass is 333 g/mol. The SMILES string of the molecule is CC(C)c1ccccc1Oc1ccc([C@@H](C)N)c(Br)c1. The minimum atomic E-state index is 0.00127. The van der Waals surface area contributed by atoms with Crippen LogP contribution in [-0.4, -0.2) is 0 Å². The van der Waals surface area contributed by atoms with Gasteiger partial charge in [-0.15, -0.1) is 0 Å². The topological polar surface area (TPSA) is 35.2 Å². The summed E-state index contributed by atoms with van der Waals surface area (Å²) in [4.78, 5) is 0. The average Bonchev–Trinajstić information content (AvgIpc) is 2.38. The highest BCUT2D eigenvalue weighted by molar-refractivity contribution is 9.10. The molecule has 0 saturated carbocycles. The summed E-state index contributed by atoms with van der Waals surface area (Å²) < 4.78 is 6.99. The van der Waals surface area contributed by atoms with Crippen LogP contribution in [0.2, 0.25) is 0 Å². The average molecular weight is 334 g/mol. The lowest BCUT2D eigenvalue weighted by Crippen LogP contribution is -2.05. The van der Waals surface area contributed by atoms with Crippen LogP contribution in [0, 0.1) is 0 Å². The van der Waals surface area contributed by atoms with Crippen LogP contribution in [0.1, 0.15) is 43.9 Å². The molecule has 0 radical (unpaired) electrons. The molecule has 0 fully saturated rings. The molecular weight excluding hydrogens is 314 g/mol. The van der Waals surface area contributed by atoms with Crippen molar-refractivity contribution in [3.8, 4) is 11.5 Å². The third-order valence-electron chi connectivity index (χ3n) is 3.23. The van der Waals surface area contributed by atoms with Crippen molar-refractivity contribution in [3.05, 3.63) is 58.1 Å². The van der Waals surface area contributed by atoms with E-state index in [-0.39, 0.29) is 6.04 Å². The molecular formula is C17H20BrNO. The Labute approximate surface area is 129 Å². The van der Waals surface area contributed by atoms with E-state index in [2.05, 4.69) is 35.8 Å². The van der Waals surface area contributed by atoms with Gasteiger partial charge in [-0.25, -0.2) is 0 Å². The lowest BCUT2D eigenvalue weighted by Gasteiger charge is -2.15. The third-order valence-corrected chi connectivity index (χ3v) is 3.92. The number of para-hydroxylation sites is 1. The number of hydrogen-bond donors (Lipinski definition) is 1. The number of ether oxygens (including phenoxy) is 1. The Morgan fingerprint density at radius 3 is 2.30 bits per heavy atom. The van der Waals surface area contributed by atoms with Crippen LogP contribution in [0.25, 0.3) is 0 Å². The van der Waals surface area contributed by atoms with Crippen molar-refractivity contribution in [1.29, 1.82) is 0 Å². The summed E-state index contributed by atoms with van der Waals surface area (Å²) in [5.74, 6) is 2.15. The fourth-order valence-corrected chi connectivity index (χ4v) is 2.84. The second-order valence-corrected chi connectivity index (χ2v) is 6.12. The molecule has 2 nitrogen and oxygen atoms in total. The second-order valence-electron chi connectivity index (χ2n) is 5.27. The lowest BCUT2D eigenvalue weighted by molar-refractivity contribution is 0.472. The van der Waals surface area contributed by atoms with Crippen molar-refractivity contribution in [3.63, 3.8) is 0 Å². The van der Waals surface area contributed by atoms with Gasteiger partial charge in [-0.05, 0) is 42.2 Å². The highest BCUT2D eigenvalue weighted by Gasteiger charge is 2.10. The smallest absolute Gasteiger partial charge is 0.130 e. The Hall–Kier alpha value is -1.32. The van der Waals surface area contributed by atoms with Gasteiger partial charge in [0.2, 0.25) is 0 Å². The molecule has 2 aromatic rings. The second kappa shape index (κ2) is 6.42. The first kappa shape index (κ1) is 15.1. The molecule has 1 atom stereocenters. The summed E-state index contributed by atoms with van der Waals surface area (Å²) in [6.45, 7) is 6.29. The van der Waals surface area contributed by atoms with Gasteiger partial charge in [0, 0.05) is 10.5 Å². The highest BCUT2D eigenvalue weighted by Crippen LogP contribution is 2.33. The van der Waals surface area contributed by atoms with Crippen LogP contribution in [0.5, 0.6) is 11.5 Å². The maximum Gasteiger partial charge on any atom is 0.130 e. The van der Waals surface area contributed by atoms with Gasteiger partial charge in [0.15, 0.2) is 0 Å². The number of benzene rings is 2. The first-order valence-electron chi connectivity index (χ1n) is 6.81. The van der Waals surface area contributed by atoms with Crippen LogP contribution in [0.3, 0.4) is 0 Å². The number of hydrogen-bond acceptors (Lipinski definition) is 2. The highest BCUT2D eigenvalue weighted by atomic mass is 79.9. The first-order chi connectivity index (χ1) is 9.49. The zero-order valence-electron chi connectivity index (χ0n) is 12.1. The minimum Gasteiger partial charge on any atom is -0.457 e. The molecule has 0 aromatic heterocycles. The Morgan fingerprint density at radius 1 is 1.00 bits per heavy atom. The zero-order valence-corrected chi connectivity index (χ0v) is 13.6. The van der Waals surface area contributed by atoms with E-state index >= 15 is 0 Å². The fraction of sp³-hybridized carbons (Fsp3) is 0.294. The van der Waals surface area contributed by atoms with E-state index in [1.165, 1.54) is 5.56 Å². The molecule has 106 valence electrons. The van der Waals surface area contributed by atoms with Gasteiger partial charge in [-0.2, -0.15) is 0 Å². The van der Waals surface area contributed by atoms with Crippen LogP contribution in [0.4, 0.5) is 0 Å². The van der Waals surface area contributed by atoms with Crippen LogP contribution in [0.15, 0.2) is 46.9 Å². The van der Waals surface area contributed by atoms with Gasteiger partial charge in [-0.3, -0.25) is 0 Å². The summed E-state index contributed by atoms with van der Waals surface area (Å²) >= 11 is 3.55. The maximum absolute atomic E-state index is 6.02. The largest absolute Gasteiger partial charge is 0.457 e. The zero-order chi connectivity index (χ0) is 14.7. The maximum atomic E-state index is 6.02. The Bertz CT molecular complexity index is 593. The number of halogens is 1. The predicted molar refractivity (Wildman–Crippen MR) is 87.3 cm³/mol. The molecule has 0 unspecified atom stereocenters. The molecule has 0 spiro atoms. The van der Waals surface area contributed by atoms with E-state index in [0.29, 0.717) is 5.92 Å². The van der Waals surface area contributed by atoms with Gasteiger partial charge in [0.25, 0.3) is 0 Å². The first-order valence-corrected chi connectivity index (χ1v) is 7.60. The standard InChI is InChI=1S/C17H20BrNO/c1-11(2)14-6-4-5-7-17(14)20-13-8-9-15(12(3)19)16(18)10-13/h4-12H,19H2,1-3H3/t12-/m1/s1. The van der Waals surface area contributed by atoms with E-state index in [0.717, 1.165) is 21.5 Å². The molecule has 0 amide bonds. The molecule has 0 aliphatic rings. The lowest BCUT2D eigenvalue weighted by atomic mass is 10.0. The summed E-state index contributed by atoms with van der Waals surface area (Å²) in [7, 11) is 0. The van der Waals surface area contributed by atoms with E-state index in [1.807, 2.05) is 43.3 Å². The Balaban J connectivity index is 2.29. The van der Waals surface area contributed by atoms with Crippen LogP contribution < -0.4 is 10.5 Å². The minimum absolute atomic E-state index is 0.00127. The van der Waals surface area contributed by atoms with Crippen molar-refractivity contribution < 1.29 is 4.74 Å². The van der Waals surface area contributed by atoms with E-state index < -0.39 is 0 Å². The molecule has 0 aliphatic carbocycles. The molecule has 0 heterocycles. The molecule has 0 saturated heterocycles. The van der Waals surface area contributed by atoms with E-state index in [9.17, 15) is 0 Å². The molecule has 2 rings (SSSR count). The molecule has 3 heteroatoms. The summed E-state index contributed by atoms with van der Waals surface area (Å²) in [6.07, 6.45) is 0. The van der Waals surface area contributed by atoms with Crippen molar-refractivity contribution >= 4 is 15.9 Å². The van der Waals surface area contributed by atoms with Gasteiger partial charge in [0.1, 0.15) is 11.5 Å². The number of nitrogens with two attached hydrogens (primary N) is 1. The molecule has 0 aliphatic heterocycles. The van der Waals surface area contributed by atoms with Gasteiger partial charge in [0.05, 0.1) is 0 Å². The van der Waals surface area contributed by atoms with E-state index in [4.69, 9.17) is 10.5 Å². The van der Waals surface area contributed by atoms with Crippen molar-refractivity contribution in [2.24, 2.45) is 5.73 Å². The fourth-order valence-electron chi connectivity index (χ4n) is 2.12. The van der Waals surface area contributed by atoms with Crippen molar-refractivity contribution in [2.45, 2.75) is 32.7 Å². The van der Waals surface area contributed by atoms with Gasteiger partial charge in [-0.1, -0.05) is 54.0 Å².